The molecule has 0 aliphatic carbocycles. The molecule has 0 bridgehead atoms. The molecule has 4 heteroatoms. The second-order valence-electron chi connectivity index (χ2n) is 3.02. The van der Waals surface area contributed by atoms with E-state index in [-0.39, 0.29) is 5.12 Å². The summed E-state index contributed by atoms with van der Waals surface area (Å²) in [6, 6.07) is 10.8. The molecule has 1 aromatic heterocycles. The highest BCUT2D eigenvalue weighted by atomic mass is 32.2. The van der Waals surface area contributed by atoms with Crippen molar-refractivity contribution < 1.29 is 9.59 Å². The Morgan fingerprint density at radius 2 is 1.94 bits per heavy atom. The number of aldehydes is 1. The van der Waals surface area contributed by atoms with Gasteiger partial charge < -0.3 is 0 Å². The molecular weight excluding hydrogens is 240 g/mol. The lowest BCUT2D eigenvalue weighted by atomic mass is 10.2. The monoisotopic (exact) mass is 248 g/mol. The summed E-state index contributed by atoms with van der Waals surface area (Å²) in [5, 5.41) is 1.77. The highest BCUT2D eigenvalue weighted by molar-refractivity contribution is 8.14. The number of rotatable bonds is 3. The standard InChI is InChI=1S/C12H8O2S2/c13-8-11-10(6-7-15-11)16-12(14)9-4-2-1-3-5-9/h1-8H. The molecule has 0 radical (unpaired) electrons. The molecule has 0 saturated carbocycles. The summed E-state index contributed by atoms with van der Waals surface area (Å²) in [5.74, 6) is 0. The van der Waals surface area contributed by atoms with Crippen molar-refractivity contribution >= 4 is 34.5 Å². The quantitative estimate of drug-likeness (QED) is 0.616. The zero-order valence-electron chi connectivity index (χ0n) is 8.25. The van der Waals surface area contributed by atoms with Crippen molar-refractivity contribution in [2.24, 2.45) is 0 Å². The molecule has 0 atom stereocenters. The van der Waals surface area contributed by atoms with E-state index in [9.17, 15) is 9.59 Å². The van der Waals surface area contributed by atoms with Gasteiger partial charge in [0.05, 0.1) is 4.88 Å². The second kappa shape index (κ2) is 5.09. The van der Waals surface area contributed by atoms with Gasteiger partial charge in [0.15, 0.2) is 6.29 Å². The molecule has 0 amide bonds. The van der Waals surface area contributed by atoms with Crippen LogP contribution in [-0.4, -0.2) is 11.4 Å². The maximum atomic E-state index is 11.8. The SMILES string of the molecule is O=Cc1sccc1SC(=O)c1ccccc1. The maximum absolute atomic E-state index is 11.8. The van der Waals surface area contributed by atoms with E-state index in [0.29, 0.717) is 10.4 Å². The normalized spacial score (nSPS) is 10.0. The molecule has 16 heavy (non-hydrogen) atoms. The molecule has 0 aliphatic rings. The van der Waals surface area contributed by atoms with Crippen LogP contribution < -0.4 is 0 Å². The zero-order chi connectivity index (χ0) is 11.4. The lowest BCUT2D eigenvalue weighted by Crippen LogP contribution is -1.92. The van der Waals surface area contributed by atoms with Gasteiger partial charge in [-0.3, -0.25) is 9.59 Å². The van der Waals surface area contributed by atoms with Gasteiger partial charge in [-0.15, -0.1) is 11.3 Å². The van der Waals surface area contributed by atoms with Crippen LogP contribution >= 0.6 is 23.1 Å². The van der Waals surface area contributed by atoms with Crippen LogP contribution in [0.3, 0.4) is 0 Å². The minimum absolute atomic E-state index is 0.0397. The Kier molecular flexibility index (Phi) is 3.54. The molecular formula is C12H8O2S2. The Labute approximate surface area is 101 Å². The van der Waals surface area contributed by atoms with E-state index in [1.165, 1.54) is 11.3 Å². The number of thioether (sulfide) groups is 1. The fourth-order valence-corrected chi connectivity index (χ4v) is 2.90. The van der Waals surface area contributed by atoms with Gasteiger partial charge in [0.1, 0.15) is 0 Å². The molecule has 0 aliphatic heterocycles. The van der Waals surface area contributed by atoms with Crippen LogP contribution in [0, 0.1) is 0 Å². The Morgan fingerprint density at radius 1 is 1.19 bits per heavy atom. The van der Waals surface area contributed by atoms with Gasteiger partial charge in [-0.2, -0.15) is 0 Å². The van der Waals surface area contributed by atoms with Crippen molar-refractivity contribution in [3.63, 3.8) is 0 Å². The number of hydrogen-bond acceptors (Lipinski definition) is 4. The van der Waals surface area contributed by atoms with Crippen LogP contribution in [0.5, 0.6) is 0 Å². The van der Waals surface area contributed by atoms with Crippen LogP contribution in [0.4, 0.5) is 0 Å². The summed E-state index contributed by atoms with van der Waals surface area (Å²) in [6.45, 7) is 0. The molecule has 0 spiro atoms. The summed E-state index contributed by atoms with van der Waals surface area (Å²) in [6.07, 6.45) is 0.783. The predicted octanol–water partition coefficient (Wildman–Crippen LogP) is 3.49. The third-order valence-corrected chi connectivity index (χ3v) is 3.94. The summed E-state index contributed by atoms with van der Waals surface area (Å²) in [7, 11) is 0. The van der Waals surface area contributed by atoms with Gasteiger partial charge in [-0.1, -0.05) is 30.3 Å². The number of carbonyl (C=O) groups excluding carboxylic acids is 2. The van der Waals surface area contributed by atoms with E-state index in [0.717, 1.165) is 22.9 Å². The van der Waals surface area contributed by atoms with Gasteiger partial charge in [-0.05, 0) is 23.2 Å². The van der Waals surface area contributed by atoms with E-state index in [4.69, 9.17) is 0 Å². The Balaban J connectivity index is 2.17. The largest absolute Gasteiger partial charge is 0.297 e. The molecule has 1 heterocycles. The first kappa shape index (κ1) is 11.1. The van der Waals surface area contributed by atoms with Crippen LogP contribution in [0.25, 0.3) is 0 Å². The van der Waals surface area contributed by atoms with Crippen molar-refractivity contribution in [1.82, 2.24) is 0 Å². The van der Waals surface area contributed by atoms with Crippen molar-refractivity contribution in [3.05, 3.63) is 52.2 Å². The van der Waals surface area contributed by atoms with E-state index in [1.54, 1.807) is 18.2 Å². The smallest absolute Gasteiger partial charge is 0.224 e. The molecule has 2 rings (SSSR count). The maximum Gasteiger partial charge on any atom is 0.224 e. The van der Waals surface area contributed by atoms with Crippen molar-refractivity contribution in [1.29, 1.82) is 0 Å². The first-order chi connectivity index (χ1) is 7.81. The van der Waals surface area contributed by atoms with E-state index < -0.39 is 0 Å². The Bertz CT molecular complexity index is 503. The molecule has 0 fully saturated rings. The van der Waals surface area contributed by atoms with Crippen molar-refractivity contribution in [3.8, 4) is 0 Å². The number of benzene rings is 1. The third kappa shape index (κ3) is 2.40. The van der Waals surface area contributed by atoms with Crippen LogP contribution in [0.2, 0.25) is 0 Å². The molecule has 2 nitrogen and oxygen atoms in total. The Hall–Kier alpha value is -1.39. The summed E-state index contributed by atoms with van der Waals surface area (Å²) in [5.41, 5.74) is 0.649. The lowest BCUT2D eigenvalue weighted by molar-refractivity contribution is 0.108. The number of thiophene rings is 1. The van der Waals surface area contributed by atoms with Gasteiger partial charge in [0.25, 0.3) is 0 Å². The van der Waals surface area contributed by atoms with Crippen LogP contribution in [0.15, 0.2) is 46.7 Å². The first-order valence-electron chi connectivity index (χ1n) is 4.61. The highest BCUT2D eigenvalue weighted by Crippen LogP contribution is 2.28. The average molecular weight is 248 g/mol. The second-order valence-corrected chi connectivity index (χ2v) is 4.98. The van der Waals surface area contributed by atoms with E-state index >= 15 is 0 Å². The minimum Gasteiger partial charge on any atom is -0.297 e. The number of carbonyl (C=O) groups is 2. The van der Waals surface area contributed by atoms with Crippen LogP contribution in [-0.2, 0) is 0 Å². The van der Waals surface area contributed by atoms with Crippen molar-refractivity contribution in [2.45, 2.75) is 4.90 Å². The predicted molar refractivity (Wildman–Crippen MR) is 66.3 cm³/mol. The Morgan fingerprint density at radius 3 is 2.62 bits per heavy atom. The topological polar surface area (TPSA) is 34.1 Å². The molecule has 0 unspecified atom stereocenters. The van der Waals surface area contributed by atoms with Gasteiger partial charge in [-0.25, -0.2) is 0 Å². The third-order valence-electron chi connectivity index (χ3n) is 1.98. The van der Waals surface area contributed by atoms with E-state index in [1.807, 2.05) is 23.6 Å². The van der Waals surface area contributed by atoms with Gasteiger partial charge >= 0.3 is 0 Å². The summed E-state index contributed by atoms with van der Waals surface area (Å²) >= 11 is 2.44. The molecule has 80 valence electrons. The molecule has 0 N–H and O–H groups in total. The van der Waals surface area contributed by atoms with Crippen LogP contribution in [0.1, 0.15) is 20.0 Å². The molecule has 0 saturated heterocycles. The molecule has 1 aromatic carbocycles. The highest BCUT2D eigenvalue weighted by Gasteiger charge is 2.11. The number of hydrogen-bond donors (Lipinski definition) is 0. The first-order valence-corrected chi connectivity index (χ1v) is 6.31. The van der Waals surface area contributed by atoms with Gasteiger partial charge in [0.2, 0.25) is 5.12 Å². The van der Waals surface area contributed by atoms with E-state index in [2.05, 4.69) is 0 Å². The van der Waals surface area contributed by atoms with Gasteiger partial charge in [0, 0.05) is 10.5 Å². The fourth-order valence-electron chi connectivity index (χ4n) is 1.21. The summed E-state index contributed by atoms with van der Waals surface area (Å²) < 4.78 is 0. The van der Waals surface area contributed by atoms with Crippen molar-refractivity contribution in [2.75, 3.05) is 0 Å². The fraction of sp³-hybridized carbons (Fsp3) is 0. The summed E-state index contributed by atoms with van der Waals surface area (Å²) in [4.78, 5) is 23.9. The average Bonchev–Trinajstić information content (AvgIpc) is 2.77. The zero-order valence-corrected chi connectivity index (χ0v) is 9.88. The minimum atomic E-state index is -0.0397. The lowest BCUT2D eigenvalue weighted by Gasteiger charge is -1.98. The molecule has 2 aromatic rings.